The Labute approximate surface area is 554 Å². The van der Waals surface area contributed by atoms with Crippen molar-refractivity contribution in [3.8, 4) is 11.5 Å². The molecule has 2 rings (SSSR count). The molecule has 0 bridgehead atoms. The number of nitrogens with zero attached hydrogens (tertiary/aromatic N) is 6. The van der Waals surface area contributed by atoms with E-state index in [1.165, 1.54) is 20.3 Å². The van der Waals surface area contributed by atoms with Crippen LogP contribution in [0.25, 0.3) is 0 Å². The lowest BCUT2D eigenvalue weighted by Crippen LogP contribution is -2.51. The van der Waals surface area contributed by atoms with Crippen LogP contribution in [0.3, 0.4) is 0 Å². The number of benzene rings is 2. The highest BCUT2D eigenvalue weighted by Crippen LogP contribution is 2.23. The minimum absolute atomic E-state index is 0.0304. The summed E-state index contributed by atoms with van der Waals surface area (Å²) in [5.74, 6) is -3.25. The molecule has 532 valence electrons. The van der Waals surface area contributed by atoms with E-state index >= 15 is 0 Å². The number of carbonyl (C=O) groups excluding carboxylic acids is 9. The van der Waals surface area contributed by atoms with E-state index in [1.54, 1.807) is 17.0 Å². The summed E-state index contributed by atoms with van der Waals surface area (Å²) in [6.07, 6.45) is 4.96. The topological polar surface area (TPSA) is 350 Å². The van der Waals surface area contributed by atoms with E-state index in [-0.39, 0.29) is 95.4 Å². The minimum atomic E-state index is -1.22. The van der Waals surface area contributed by atoms with E-state index < -0.39 is 72.3 Å². The summed E-state index contributed by atoms with van der Waals surface area (Å²) in [6.45, 7) is 32.1. The van der Waals surface area contributed by atoms with Crippen LogP contribution in [0.15, 0.2) is 48.5 Å². The van der Waals surface area contributed by atoms with Gasteiger partial charge in [-0.05, 0) is 143 Å². The molecule has 0 heterocycles. The number of carboxylic acids is 3. The number of carboxylic acid groups (broad SMARTS) is 3. The van der Waals surface area contributed by atoms with Gasteiger partial charge in [-0.15, -0.1) is 0 Å². The van der Waals surface area contributed by atoms with Crippen molar-refractivity contribution in [3.63, 3.8) is 0 Å². The van der Waals surface area contributed by atoms with Crippen molar-refractivity contribution >= 4 is 61.1 Å². The van der Waals surface area contributed by atoms with Gasteiger partial charge in [0, 0.05) is 57.9 Å². The predicted molar refractivity (Wildman–Crippen MR) is 343 cm³/mol. The number of aliphatic carboxylic acids is 3. The quantitative estimate of drug-likeness (QED) is 0.0245. The maximum Gasteiger partial charge on any atom is 0.373 e. The van der Waals surface area contributed by atoms with Crippen LogP contribution >= 0.6 is 0 Å². The van der Waals surface area contributed by atoms with E-state index in [2.05, 4.69) is 49.6 Å². The maximum atomic E-state index is 13.4. The van der Waals surface area contributed by atoms with Crippen molar-refractivity contribution in [2.24, 2.45) is 5.41 Å². The first kappa shape index (κ1) is 88.4. The highest BCUT2D eigenvalue weighted by atomic mass is 16.6. The molecule has 0 radical (unpaired) electrons. The fraction of sp³-hybridized carbons (Fsp3) is 0.667. The van der Waals surface area contributed by atoms with Gasteiger partial charge in [-0.25, -0.2) is 4.90 Å². The Morgan fingerprint density at radius 1 is 0.457 bits per heavy atom. The number of hydrogen-bond acceptors (Lipinski definition) is 25. The number of carbonyl (C=O) groups is 8. The molecular weight excluding hydrogens is 1230 g/mol. The molecule has 28 heteroatoms. The maximum absolute atomic E-state index is 13.4. The van der Waals surface area contributed by atoms with Gasteiger partial charge >= 0.3 is 48.1 Å². The Balaban J connectivity index is 0. The van der Waals surface area contributed by atoms with Crippen molar-refractivity contribution in [3.05, 3.63) is 59.7 Å². The molecule has 0 saturated heterocycles. The molecule has 0 aliphatic heterocycles. The summed E-state index contributed by atoms with van der Waals surface area (Å²) in [5.41, 5.74) is 0.106. The summed E-state index contributed by atoms with van der Waals surface area (Å²) in [5, 5.41) is 27.6. The minimum Gasteiger partial charge on any atom is -0.494 e. The van der Waals surface area contributed by atoms with Crippen molar-refractivity contribution < 1.29 is 106 Å². The van der Waals surface area contributed by atoms with E-state index in [4.69, 9.17) is 62.5 Å². The van der Waals surface area contributed by atoms with E-state index in [0.29, 0.717) is 45.0 Å². The van der Waals surface area contributed by atoms with Crippen LogP contribution in [0, 0.1) is 5.41 Å². The summed E-state index contributed by atoms with van der Waals surface area (Å²) in [4.78, 5) is 138. The summed E-state index contributed by atoms with van der Waals surface area (Å²) in [6, 6.07) is 15.0. The molecule has 2 aromatic rings. The lowest BCUT2D eigenvalue weighted by molar-refractivity contribution is -0.193. The second-order valence-electron chi connectivity index (χ2n) is 26.0. The summed E-state index contributed by atoms with van der Waals surface area (Å²) >= 11 is 0. The third-order valence-electron chi connectivity index (χ3n) is 12.6. The molecule has 0 aliphatic carbocycles. The molecule has 0 aliphatic rings. The van der Waals surface area contributed by atoms with Crippen molar-refractivity contribution in [2.75, 3.05) is 118 Å². The SMILES string of the molecule is CCCCCN(CC(C)(C)C)[C@@H](Cc1ccc(OCC)cc1)CN(CCN(CC(=O)OC(C)(C)C)CC(=O)OC(C)(C)C)CC(=O)OC(C)(C)C.CCOc1ccc(C[C@@H](CN(CCN(CC(=O)O)CC(=O)O)CC(=O)O)N(COC=O)COC=O)cc1.O=C=O.O=C=O. The zero-order valence-corrected chi connectivity index (χ0v) is 58.0. The van der Waals surface area contributed by atoms with Crippen LogP contribution in [0.1, 0.15) is 134 Å². The zero-order valence-electron chi connectivity index (χ0n) is 58.0. The fourth-order valence-corrected chi connectivity index (χ4v) is 9.31. The standard InChI is InChI=1S/C41H73N3O7.C23H33N3O11.2CO2/c1-15-17-18-23-44(31-38(3,4)5)33(26-32-19-21-34(22-20-32)48-16-2)27-42(28-35(45)49-39(6,7)8)24-25-43(29-36(46)50-40(9,10)11)30-37(47)51-41(12,13)14;1-2-37-20-5-3-18(4-6-20)9-19(26(14-35-16-27)15-36-17-28)10-24(11-21(29)30)7-8-25(12-22(31)32)13-23(33)34;2*2-1-3/h19-22,33H,15-18,23-31H2,1-14H3;3-6,16-17,19H,2,7-15H2,1H3,(H,29,30)(H,31,32)(H,33,34);;/t33-;19-;;/m00../s1. The number of hydrogen-bond donors (Lipinski definition) is 3. The van der Waals surface area contributed by atoms with E-state index in [0.717, 1.165) is 50.1 Å². The predicted octanol–water partition coefficient (Wildman–Crippen LogP) is 5.41. The first-order valence-electron chi connectivity index (χ1n) is 31.1. The smallest absolute Gasteiger partial charge is 0.373 e. The van der Waals surface area contributed by atoms with Crippen molar-refractivity contribution in [1.82, 2.24) is 29.4 Å². The molecule has 28 nitrogen and oxygen atoms in total. The van der Waals surface area contributed by atoms with Gasteiger partial charge in [0.25, 0.3) is 12.9 Å². The first-order valence-corrected chi connectivity index (χ1v) is 31.1. The summed E-state index contributed by atoms with van der Waals surface area (Å²) < 4.78 is 37.9. The Morgan fingerprint density at radius 2 is 0.766 bits per heavy atom. The Bertz CT molecular complexity index is 2500. The lowest BCUT2D eigenvalue weighted by Gasteiger charge is -2.39. The Morgan fingerprint density at radius 3 is 1.07 bits per heavy atom. The van der Waals surface area contributed by atoms with Crippen LogP contribution in [0.5, 0.6) is 11.5 Å². The van der Waals surface area contributed by atoms with Gasteiger partial charge in [-0.1, -0.05) is 64.8 Å². The number of esters is 3. The zero-order chi connectivity index (χ0) is 72.1. The van der Waals surface area contributed by atoms with Crippen LogP contribution in [0.4, 0.5) is 0 Å². The van der Waals surface area contributed by atoms with E-state index in [9.17, 15) is 43.5 Å². The molecule has 0 fully saturated rings. The molecule has 0 saturated carbocycles. The lowest BCUT2D eigenvalue weighted by atomic mass is 9.93. The fourth-order valence-electron chi connectivity index (χ4n) is 9.31. The first-order chi connectivity index (χ1) is 43.9. The van der Waals surface area contributed by atoms with Gasteiger partial charge < -0.3 is 48.5 Å². The van der Waals surface area contributed by atoms with Gasteiger partial charge in [0.15, 0.2) is 0 Å². The molecule has 0 unspecified atom stereocenters. The highest BCUT2D eigenvalue weighted by Gasteiger charge is 2.31. The average Bonchev–Trinajstić information content (AvgIpc) is 0.905. The van der Waals surface area contributed by atoms with Crippen LogP contribution in [-0.2, 0) is 94.1 Å². The van der Waals surface area contributed by atoms with Gasteiger partial charge in [0.1, 0.15) is 41.8 Å². The van der Waals surface area contributed by atoms with Crippen LogP contribution in [-0.4, -0.2) is 253 Å². The van der Waals surface area contributed by atoms with Crippen LogP contribution < -0.4 is 9.47 Å². The highest BCUT2D eigenvalue weighted by molar-refractivity contribution is 5.76. The van der Waals surface area contributed by atoms with Crippen molar-refractivity contribution in [1.29, 1.82) is 0 Å². The number of unbranched alkanes of at least 4 members (excludes halogenated alkanes) is 2. The molecule has 2 aromatic carbocycles. The molecule has 0 aromatic heterocycles. The summed E-state index contributed by atoms with van der Waals surface area (Å²) in [7, 11) is 0. The van der Waals surface area contributed by atoms with Gasteiger partial charge in [-0.3, -0.25) is 62.9 Å². The normalized spacial score (nSPS) is 12.1. The van der Waals surface area contributed by atoms with Crippen molar-refractivity contribution in [2.45, 2.75) is 165 Å². The van der Waals surface area contributed by atoms with Gasteiger partial charge in [-0.2, -0.15) is 19.2 Å². The molecular formula is C66H106N6O22. The third-order valence-corrected chi connectivity index (χ3v) is 12.6. The molecule has 2 atom stereocenters. The largest absolute Gasteiger partial charge is 0.494 e. The van der Waals surface area contributed by atoms with Crippen LogP contribution in [0.2, 0.25) is 0 Å². The molecule has 0 spiro atoms. The molecule has 94 heavy (non-hydrogen) atoms. The second kappa shape index (κ2) is 48.1. The monoisotopic (exact) mass is 1330 g/mol. The Hall–Kier alpha value is -7.68. The Kier molecular flexibility index (Phi) is 45.2. The third kappa shape index (κ3) is 49.0. The number of rotatable bonds is 43. The molecule has 3 N–H and O–H groups in total. The van der Waals surface area contributed by atoms with E-state index in [1.807, 2.05) is 100 Å². The number of ether oxygens (including phenoxy) is 7. The second-order valence-corrected chi connectivity index (χ2v) is 26.0. The van der Waals surface area contributed by atoms with Gasteiger partial charge in [0.2, 0.25) is 0 Å². The average molecular weight is 1340 g/mol. The molecule has 0 amide bonds. The van der Waals surface area contributed by atoms with Gasteiger partial charge in [0.05, 0.1) is 52.5 Å².